The predicted octanol–water partition coefficient (Wildman–Crippen LogP) is 4.52. The molecule has 0 fully saturated rings. The Labute approximate surface area is 230 Å². The van der Waals surface area contributed by atoms with Crippen molar-refractivity contribution >= 4 is 22.1 Å². The third-order valence-corrected chi connectivity index (χ3v) is 6.83. The van der Waals surface area contributed by atoms with Gasteiger partial charge in [0.25, 0.3) is 10.1 Å². The highest BCUT2D eigenvalue weighted by molar-refractivity contribution is 7.89. The first-order valence-electron chi connectivity index (χ1n) is 12.8. The zero-order valence-electron chi connectivity index (χ0n) is 21.9. The van der Waals surface area contributed by atoms with Gasteiger partial charge < -0.3 is 15.4 Å². The van der Waals surface area contributed by atoms with E-state index in [4.69, 9.17) is 8.92 Å². The second kappa shape index (κ2) is 15.5. The Balaban J connectivity index is 1.73. The van der Waals surface area contributed by atoms with Crippen LogP contribution in [0.15, 0.2) is 102 Å². The van der Waals surface area contributed by atoms with Gasteiger partial charge >= 0.3 is 6.09 Å². The highest BCUT2D eigenvalue weighted by Crippen LogP contribution is 2.10. The van der Waals surface area contributed by atoms with Crippen molar-refractivity contribution < 1.29 is 26.9 Å². The molecule has 0 aliphatic heterocycles. The Hall–Kier alpha value is -3.95. The molecule has 3 rings (SSSR count). The Morgan fingerprint density at radius 1 is 0.821 bits per heavy atom. The summed E-state index contributed by atoms with van der Waals surface area (Å²) < 4.78 is 34.3. The van der Waals surface area contributed by atoms with E-state index >= 15 is 0 Å². The van der Waals surface area contributed by atoms with Gasteiger partial charge in [-0.15, -0.1) is 0 Å². The fourth-order valence-corrected chi connectivity index (χ4v) is 4.62. The number of amides is 2. The summed E-state index contributed by atoms with van der Waals surface area (Å²) in [5.41, 5.74) is 2.70. The minimum absolute atomic E-state index is 0.00186. The predicted molar refractivity (Wildman–Crippen MR) is 150 cm³/mol. The van der Waals surface area contributed by atoms with E-state index in [1.54, 1.807) is 6.92 Å². The standard InChI is InChI=1S/C30H34N2O6S/c1-2-38-39(35,36)21-20-27(19-18-24-12-6-3-7-13-24)31-29(33)28(22-25-14-8-4-9-15-25)32-30(34)37-23-26-16-10-5-11-17-26/h3-17,20-21,27-28H,2,18-19,22-23H2,1H3,(H,31,33)(H,32,34)/b21-20+/t27-,28-/m0/s1. The van der Waals surface area contributed by atoms with Crippen molar-refractivity contribution in [2.75, 3.05) is 6.61 Å². The van der Waals surface area contributed by atoms with Gasteiger partial charge in [0.2, 0.25) is 5.91 Å². The van der Waals surface area contributed by atoms with Crippen molar-refractivity contribution in [3.8, 4) is 0 Å². The first-order valence-corrected chi connectivity index (χ1v) is 14.2. The molecule has 0 bridgehead atoms. The highest BCUT2D eigenvalue weighted by Gasteiger charge is 2.24. The molecule has 2 N–H and O–H groups in total. The van der Waals surface area contributed by atoms with Crippen LogP contribution in [0.4, 0.5) is 4.79 Å². The maximum Gasteiger partial charge on any atom is 0.408 e. The number of rotatable bonds is 14. The average molecular weight is 551 g/mol. The van der Waals surface area contributed by atoms with Crippen LogP contribution in [0.1, 0.15) is 30.0 Å². The number of hydrogen-bond acceptors (Lipinski definition) is 6. The van der Waals surface area contributed by atoms with E-state index < -0.39 is 34.2 Å². The molecule has 9 heteroatoms. The van der Waals surface area contributed by atoms with Gasteiger partial charge in [0.05, 0.1) is 12.0 Å². The van der Waals surface area contributed by atoms with Crippen LogP contribution in [0, 0.1) is 0 Å². The molecule has 0 aliphatic rings. The lowest BCUT2D eigenvalue weighted by Crippen LogP contribution is -2.50. The van der Waals surface area contributed by atoms with Gasteiger partial charge in [-0.1, -0.05) is 91.0 Å². The van der Waals surface area contributed by atoms with Gasteiger partial charge in [-0.05, 0) is 42.5 Å². The Morgan fingerprint density at radius 2 is 1.38 bits per heavy atom. The van der Waals surface area contributed by atoms with Crippen LogP contribution in [0.25, 0.3) is 0 Å². The fourth-order valence-electron chi connectivity index (χ4n) is 3.83. The smallest absolute Gasteiger partial charge is 0.408 e. The number of ether oxygens (including phenoxy) is 1. The van der Waals surface area contributed by atoms with E-state index in [1.165, 1.54) is 6.08 Å². The van der Waals surface area contributed by atoms with Crippen LogP contribution < -0.4 is 10.6 Å². The quantitative estimate of drug-likeness (QED) is 0.286. The number of benzene rings is 3. The molecule has 0 saturated carbocycles. The summed E-state index contributed by atoms with van der Waals surface area (Å²) in [6.07, 6.45) is 1.93. The van der Waals surface area contributed by atoms with Gasteiger partial charge in [0.15, 0.2) is 0 Å². The Morgan fingerprint density at radius 3 is 1.97 bits per heavy atom. The van der Waals surface area contributed by atoms with Crippen LogP contribution in [-0.2, 0) is 43.3 Å². The highest BCUT2D eigenvalue weighted by atomic mass is 32.2. The summed E-state index contributed by atoms with van der Waals surface area (Å²) in [6.45, 7) is 1.64. The minimum Gasteiger partial charge on any atom is -0.445 e. The molecule has 8 nitrogen and oxygen atoms in total. The topological polar surface area (TPSA) is 111 Å². The molecule has 2 amide bonds. The normalized spacial score (nSPS) is 12.9. The van der Waals surface area contributed by atoms with Crippen molar-refractivity contribution in [1.82, 2.24) is 10.6 Å². The zero-order valence-corrected chi connectivity index (χ0v) is 22.7. The molecule has 39 heavy (non-hydrogen) atoms. The molecular formula is C30H34N2O6S. The number of aryl methyl sites for hydroxylation is 1. The molecule has 206 valence electrons. The third kappa shape index (κ3) is 11.1. The van der Waals surface area contributed by atoms with Crippen molar-refractivity contribution in [2.24, 2.45) is 0 Å². The molecule has 0 aliphatic carbocycles. The Bertz CT molecular complexity index is 1300. The number of hydrogen-bond donors (Lipinski definition) is 2. The van der Waals surface area contributed by atoms with Crippen LogP contribution >= 0.6 is 0 Å². The lowest BCUT2D eigenvalue weighted by molar-refractivity contribution is -0.123. The molecule has 0 spiro atoms. The largest absolute Gasteiger partial charge is 0.445 e. The van der Waals surface area contributed by atoms with Crippen molar-refractivity contribution in [1.29, 1.82) is 0 Å². The molecule has 0 radical (unpaired) electrons. The molecular weight excluding hydrogens is 516 g/mol. The van der Waals surface area contributed by atoms with Crippen LogP contribution in [0.2, 0.25) is 0 Å². The second-order valence-corrected chi connectivity index (χ2v) is 10.3. The van der Waals surface area contributed by atoms with E-state index in [2.05, 4.69) is 10.6 Å². The van der Waals surface area contributed by atoms with Crippen molar-refractivity contribution in [2.45, 2.75) is 44.9 Å². The molecule has 0 aromatic heterocycles. The number of nitrogens with one attached hydrogen (secondary N) is 2. The number of carbonyl (C=O) groups excluding carboxylic acids is 2. The summed E-state index contributed by atoms with van der Waals surface area (Å²) in [5.74, 6) is -0.466. The Kier molecular flexibility index (Phi) is 11.7. The summed E-state index contributed by atoms with van der Waals surface area (Å²) in [7, 11) is -3.89. The monoisotopic (exact) mass is 550 g/mol. The van der Waals surface area contributed by atoms with E-state index in [9.17, 15) is 18.0 Å². The van der Waals surface area contributed by atoms with Gasteiger partial charge in [-0.25, -0.2) is 4.79 Å². The molecule has 0 saturated heterocycles. The molecule has 0 heterocycles. The van der Waals surface area contributed by atoms with E-state index in [-0.39, 0.29) is 19.6 Å². The van der Waals surface area contributed by atoms with Crippen LogP contribution in [-0.4, -0.2) is 39.1 Å². The van der Waals surface area contributed by atoms with Gasteiger partial charge in [-0.3, -0.25) is 8.98 Å². The number of carbonyl (C=O) groups is 2. The summed E-state index contributed by atoms with van der Waals surface area (Å²) in [5, 5.41) is 6.51. The molecule has 3 aromatic carbocycles. The van der Waals surface area contributed by atoms with Crippen LogP contribution in [0.5, 0.6) is 0 Å². The molecule has 0 unspecified atom stereocenters. The van der Waals surface area contributed by atoms with Gasteiger partial charge in [0.1, 0.15) is 12.6 Å². The van der Waals surface area contributed by atoms with E-state index in [0.717, 1.165) is 22.1 Å². The second-order valence-electron chi connectivity index (χ2n) is 8.82. The van der Waals surface area contributed by atoms with E-state index in [0.29, 0.717) is 12.8 Å². The first-order chi connectivity index (χ1) is 18.8. The summed E-state index contributed by atoms with van der Waals surface area (Å²) in [6, 6.07) is 26.6. The van der Waals surface area contributed by atoms with E-state index in [1.807, 2.05) is 91.0 Å². The van der Waals surface area contributed by atoms with Crippen molar-refractivity contribution in [3.05, 3.63) is 119 Å². The summed E-state index contributed by atoms with van der Waals surface area (Å²) in [4.78, 5) is 26.1. The van der Waals surface area contributed by atoms with Gasteiger partial charge in [0, 0.05) is 12.5 Å². The minimum atomic E-state index is -3.89. The SMILES string of the molecule is CCOS(=O)(=O)/C=C/[C@H](CCc1ccccc1)NC(=O)[C@H](Cc1ccccc1)NC(=O)OCc1ccccc1. The first kappa shape index (κ1) is 29.6. The zero-order chi connectivity index (χ0) is 27.9. The fraction of sp³-hybridized carbons (Fsp3) is 0.267. The third-order valence-electron chi connectivity index (χ3n) is 5.78. The van der Waals surface area contributed by atoms with Gasteiger partial charge in [-0.2, -0.15) is 8.42 Å². The summed E-state index contributed by atoms with van der Waals surface area (Å²) >= 11 is 0. The average Bonchev–Trinajstić information content (AvgIpc) is 2.94. The molecule has 2 atom stereocenters. The number of alkyl carbamates (subject to hydrolysis) is 1. The maximum atomic E-state index is 13.4. The van der Waals surface area contributed by atoms with Crippen molar-refractivity contribution in [3.63, 3.8) is 0 Å². The molecule has 3 aromatic rings. The maximum absolute atomic E-state index is 13.4. The lowest BCUT2D eigenvalue weighted by atomic mass is 10.0. The van der Waals surface area contributed by atoms with Crippen LogP contribution in [0.3, 0.4) is 0 Å². The lowest BCUT2D eigenvalue weighted by Gasteiger charge is -2.22.